The van der Waals surface area contributed by atoms with E-state index in [2.05, 4.69) is 20.8 Å². The summed E-state index contributed by atoms with van der Waals surface area (Å²) in [5, 5.41) is 0. The third kappa shape index (κ3) is 1.78. The molecule has 0 saturated heterocycles. The minimum atomic E-state index is 0.591. The fourth-order valence-corrected chi connectivity index (χ4v) is 5.53. The van der Waals surface area contributed by atoms with Crippen molar-refractivity contribution in [3.05, 3.63) is 0 Å². The van der Waals surface area contributed by atoms with Gasteiger partial charge in [0.25, 0.3) is 0 Å². The SMILES string of the molecule is CC1(C)CCCCC1(C)C1CC2CCC1CC2. The molecular formula is C17H30. The highest BCUT2D eigenvalue weighted by molar-refractivity contribution is 5.02. The van der Waals surface area contributed by atoms with Gasteiger partial charge in [-0.1, -0.05) is 46.5 Å². The van der Waals surface area contributed by atoms with E-state index in [0.29, 0.717) is 10.8 Å². The van der Waals surface area contributed by atoms with Gasteiger partial charge in [-0.2, -0.15) is 0 Å². The summed E-state index contributed by atoms with van der Waals surface area (Å²) in [6.07, 6.45) is 13.7. The number of rotatable bonds is 1. The minimum Gasteiger partial charge on any atom is -0.0594 e. The van der Waals surface area contributed by atoms with Crippen LogP contribution in [0.2, 0.25) is 0 Å². The maximum atomic E-state index is 2.65. The van der Waals surface area contributed by atoms with Crippen molar-refractivity contribution in [2.24, 2.45) is 28.6 Å². The molecule has 0 radical (unpaired) electrons. The van der Waals surface area contributed by atoms with Gasteiger partial charge >= 0.3 is 0 Å². The minimum absolute atomic E-state index is 0.591. The van der Waals surface area contributed by atoms with Crippen molar-refractivity contribution in [3.63, 3.8) is 0 Å². The van der Waals surface area contributed by atoms with E-state index < -0.39 is 0 Å². The van der Waals surface area contributed by atoms with Crippen LogP contribution in [0.4, 0.5) is 0 Å². The largest absolute Gasteiger partial charge is 0.0594 e. The first-order valence-corrected chi connectivity index (χ1v) is 8.03. The van der Waals surface area contributed by atoms with Crippen LogP contribution in [0, 0.1) is 28.6 Å². The molecule has 0 N–H and O–H groups in total. The zero-order valence-electron chi connectivity index (χ0n) is 12.1. The van der Waals surface area contributed by atoms with Gasteiger partial charge < -0.3 is 0 Å². The molecule has 4 aliphatic rings. The normalized spacial score (nSPS) is 49.2. The summed E-state index contributed by atoms with van der Waals surface area (Å²) >= 11 is 0. The average Bonchev–Trinajstić information content (AvgIpc) is 2.34. The summed E-state index contributed by atoms with van der Waals surface area (Å²) < 4.78 is 0. The first-order valence-electron chi connectivity index (χ1n) is 8.03. The summed E-state index contributed by atoms with van der Waals surface area (Å²) in [4.78, 5) is 0. The maximum Gasteiger partial charge on any atom is -0.0244 e. The van der Waals surface area contributed by atoms with Crippen molar-refractivity contribution in [1.29, 1.82) is 0 Å². The van der Waals surface area contributed by atoms with E-state index in [-0.39, 0.29) is 0 Å². The quantitative estimate of drug-likeness (QED) is 0.568. The van der Waals surface area contributed by atoms with Crippen LogP contribution < -0.4 is 0 Å². The lowest BCUT2D eigenvalue weighted by molar-refractivity contribution is -0.0894. The molecule has 0 aromatic carbocycles. The fourth-order valence-electron chi connectivity index (χ4n) is 5.53. The Morgan fingerprint density at radius 1 is 0.824 bits per heavy atom. The molecule has 0 heterocycles. The second-order valence-electron chi connectivity index (χ2n) is 8.13. The predicted molar refractivity (Wildman–Crippen MR) is 73.9 cm³/mol. The van der Waals surface area contributed by atoms with E-state index in [1.54, 1.807) is 32.1 Å². The molecule has 0 nitrogen and oxygen atoms in total. The Bertz CT molecular complexity index is 282. The van der Waals surface area contributed by atoms with Gasteiger partial charge in [-0.3, -0.25) is 0 Å². The molecule has 0 spiro atoms. The van der Waals surface area contributed by atoms with E-state index in [1.807, 2.05) is 0 Å². The van der Waals surface area contributed by atoms with E-state index in [0.717, 1.165) is 17.8 Å². The van der Waals surface area contributed by atoms with Gasteiger partial charge in [0.15, 0.2) is 0 Å². The summed E-state index contributed by atoms with van der Waals surface area (Å²) in [5.74, 6) is 3.24. The summed E-state index contributed by atoms with van der Waals surface area (Å²) in [5.41, 5.74) is 1.24. The first-order chi connectivity index (χ1) is 8.03. The van der Waals surface area contributed by atoms with Crippen LogP contribution in [0.15, 0.2) is 0 Å². The van der Waals surface area contributed by atoms with Crippen molar-refractivity contribution < 1.29 is 0 Å². The lowest BCUT2D eigenvalue weighted by Gasteiger charge is -2.59. The molecule has 0 amide bonds. The molecule has 17 heavy (non-hydrogen) atoms. The highest BCUT2D eigenvalue weighted by Crippen LogP contribution is 2.62. The Balaban J connectivity index is 1.86. The number of fused-ring (bicyclic) bond motifs is 3. The van der Waals surface area contributed by atoms with E-state index >= 15 is 0 Å². The van der Waals surface area contributed by atoms with Crippen LogP contribution in [0.5, 0.6) is 0 Å². The highest BCUT2D eigenvalue weighted by atomic mass is 14.6. The summed E-state index contributed by atoms with van der Waals surface area (Å²) in [7, 11) is 0. The second kappa shape index (κ2) is 4.00. The van der Waals surface area contributed by atoms with Crippen LogP contribution in [-0.4, -0.2) is 0 Å². The molecule has 4 rings (SSSR count). The molecular weight excluding hydrogens is 204 g/mol. The molecule has 0 aromatic rings. The lowest BCUT2D eigenvalue weighted by atomic mass is 9.46. The fraction of sp³-hybridized carbons (Fsp3) is 1.00. The zero-order valence-corrected chi connectivity index (χ0v) is 12.1. The molecule has 4 aliphatic carbocycles. The third-order valence-corrected chi connectivity index (χ3v) is 7.16. The molecule has 98 valence electrons. The molecule has 0 aliphatic heterocycles. The topological polar surface area (TPSA) is 0 Å². The Labute approximate surface area is 108 Å². The van der Waals surface area contributed by atoms with Gasteiger partial charge in [0.05, 0.1) is 0 Å². The van der Waals surface area contributed by atoms with Gasteiger partial charge in [0.2, 0.25) is 0 Å². The zero-order chi connectivity index (χ0) is 12.1. The van der Waals surface area contributed by atoms with Gasteiger partial charge in [0, 0.05) is 0 Å². The average molecular weight is 234 g/mol. The monoisotopic (exact) mass is 234 g/mol. The standard InChI is InChI=1S/C17H30/c1-16(2)10-4-5-11-17(16,3)15-12-13-6-8-14(15)9-7-13/h13-15H,4-12H2,1-3H3. The first kappa shape index (κ1) is 12.1. The third-order valence-electron chi connectivity index (χ3n) is 7.16. The van der Waals surface area contributed by atoms with Crippen molar-refractivity contribution >= 4 is 0 Å². The van der Waals surface area contributed by atoms with E-state index in [9.17, 15) is 0 Å². The highest BCUT2D eigenvalue weighted by Gasteiger charge is 2.52. The van der Waals surface area contributed by atoms with Gasteiger partial charge in [-0.05, 0) is 60.7 Å². The van der Waals surface area contributed by atoms with E-state index in [4.69, 9.17) is 0 Å². The van der Waals surface area contributed by atoms with Crippen molar-refractivity contribution in [2.75, 3.05) is 0 Å². The molecule has 2 bridgehead atoms. The van der Waals surface area contributed by atoms with Gasteiger partial charge in [-0.15, -0.1) is 0 Å². The Hall–Kier alpha value is 0. The van der Waals surface area contributed by atoms with Crippen LogP contribution in [-0.2, 0) is 0 Å². The molecule has 0 aromatic heterocycles. The second-order valence-corrected chi connectivity index (χ2v) is 8.13. The molecule has 2 atom stereocenters. The summed E-state index contributed by atoms with van der Waals surface area (Å²) in [6.45, 7) is 7.78. The molecule has 4 saturated carbocycles. The Kier molecular flexibility index (Phi) is 2.84. The number of hydrogen-bond donors (Lipinski definition) is 0. The predicted octanol–water partition coefficient (Wildman–Crippen LogP) is 5.42. The van der Waals surface area contributed by atoms with Crippen LogP contribution in [0.25, 0.3) is 0 Å². The Morgan fingerprint density at radius 2 is 1.47 bits per heavy atom. The van der Waals surface area contributed by atoms with Crippen LogP contribution in [0.1, 0.15) is 78.6 Å². The smallest absolute Gasteiger partial charge is 0.0244 e. The van der Waals surface area contributed by atoms with E-state index in [1.165, 1.54) is 25.7 Å². The number of hydrogen-bond acceptors (Lipinski definition) is 0. The van der Waals surface area contributed by atoms with Crippen molar-refractivity contribution in [2.45, 2.75) is 78.6 Å². The van der Waals surface area contributed by atoms with Gasteiger partial charge in [0.1, 0.15) is 0 Å². The van der Waals surface area contributed by atoms with Gasteiger partial charge in [-0.25, -0.2) is 0 Å². The van der Waals surface area contributed by atoms with Crippen LogP contribution in [0.3, 0.4) is 0 Å². The van der Waals surface area contributed by atoms with Crippen molar-refractivity contribution in [1.82, 2.24) is 0 Å². The van der Waals surface area contributed by atoms with Crippen molar-refractivity contribution in [3.8, 4) is 0 Å². The molecule has 4 fully saturated rings. The molecule has 0 heteroatoms. The lowest BCUT2D eigenvalue weighted by Crippen LogP contribution is -2.50. The maximum absolute atomic E-state index is 2.65. The Morgan fingerprint density at radius 3 is 2.00 bits per heavy atom. The summed E-state index contributed by atoms with van der Waals surface area (Å²) in [6, 6.07) is 0. The van der Waals surface area contributed by atoms with Crippen LogP contribution >= 0.6 is 0 Å². The molecule has 2 unspecified atom stereocenters.